The highest BCUT2D eigenvalue weighted by atomic mass is 35.5. The molecule has 0 bridgehead atoms. The van der Waals surface area contributed by atoms with Gasteiger partial charge in [0.15, 0.2) is 11.5 Å². The lowest BCUT2D eigenvalue weighted by Crippen LogP contribution is -2.38. The minimum absolute atomic E-state index is 0.107. The van der Waals surface area contributed by atoms with Gasteiger partial charge in [0, 0.05) is 12.1 Å². The highest BCUT2D eigenvalue weighted by Gasteiger charge is 2.31. The summed E-state index contributed by atoms with van der Waals surface area (Å²) in [4.78, 5) is 12.9. The number of anilines is 2. The molecule has 0 saturated carbocycles. The molecule has 1 N–H and O–H groups in total. The minimum Gasteiger partial charge on any atom is -0.497 e. The molecule has 0 spiro atoms. The van der Waals surface area contributed by atoms with Crippen LogP contribution < -0.4 is 28.6 Å². The van der Waals surface area contributed by atoms with E-state index < -0.39 is 22.5 Å². The maximum absolute atomic E-state index is 13.9. The van der Waals surface area contributed by atoms with Gasteiger partial charge in [-0.25, -0.2) is 8.42 Å². The van der Waals surface area contributed by atoms with Crippen molar-refractivity contribution in [3.05, 3.63) is 65.7 Å². The lowest BCUT2D eigenvalue weighted by Gasteiger charge is -2.26. The van der Waals surface area contributed by atoms with Gasteiger partial charge in [0.2, 0.25) is 5.91 Å². The molecular formula is C24H25ClN2O7S. The van der Waals surface area contributed by atoms with Gasteiger partial charge >= 0.3 is 0 Å². The summed E-state index contributed by atoms with van der Waals surface area (Å²) in [5, 5.41) is 2.96. The molecule has 1 amide bonds. The van der Waals surface area contributed by atoms with Crippen LogP contribution in [0.1, 0.15) is 0 Å². The molecule has 3 aromatic carbocycles. The van der Waals surface area contributed by atoms with Gasteiger partial charge < -0.3 is 24.3 Å². The van der Waals surface area contributed by atoms with Gasteiger partial charge in [-0.3, -0.25) is 9.10 Å². The lowest BCUT2D eigenvalue weighted by atomic mass is 10.2. The largest absolute Gasteiger partial charge is 0.497 e. The standard InChI is InChI=1S/C24H25ClN2O7S/c1-31-16-9-11-21(32-2)20(13-16)27(15-24(28)26-19-8-6-5-7-18(19)25)35(29,30)17-10-12-22(33-3)23(14-17)34-4/h5-14H,15H2,1-4H3,(H,26,28). The molecule has 0 radical (unpaired) electrons. The Bertz CT molecular complexity index is 1310. The Morgan fingerprint density at radius 1 is 0.857 bits per heavy atom. The third-order valence-corrected chi connectivity index (χ3v) is 7.12. The van der Waals surface area contributed by atoms with Crippen LogP contribution in [0.3, 0.4) is 0 Å². The van der Waals surface area contributed by atoms with Crippen molar-refractivity contribution < 1.29 is 32.2 Å². The van der Waals surface area contributed by atoms with E-state index in [-0.39, 0.29) is 22.1 Å². The second kappa shape index (κ2) is 11.2. The van der Waals surface area contributed by atoms with Crippen molar-refractivity contribution in [3.8, 4) is 23.0 Å². The van der Waals surface area contributed by atoms with Crippen molar-refractivity contribution in [1.29, 1.82) is 0 Å². The van der Waals surface area contributed by atoms with Crippen LogP contribution in [0.4, 0.5) is 11.4 Å². The summed E-state index contributed by atoms with van der Waals surface area (Å²) in [6.07, 6.45) is 0. The fraction of sp³-hybridized carbons (Fsp3) is 0.208. The molecule has 0 atom stereocenters. The number of nitrogens with zero attached hydrogens (tertiary/aromatic N) is 1. The molecule has 35 heavy (non-hydrogen) atoms. The number of benzene rings is 3. The zero-order valence-corrected chi connectivity index (χ0v) is 21.1. The van der Waals surface area contributed by atoms with Gasteiger partial charge in [-0.2, -0.15) is 0 Å². The van der Waals surface area contributed by atoms with E-state index in [1.54, 1.807) is 36.4 Å². The first-order valence-electron chi connectivity index (χ1n) is 10.3. The Kier molecular flexibility index (Phi) is 8.31. The molecule has 0 unspecified atom stereocenters. The molecule has 9 nitrogen and oxygen atoms in total. The highest BCUT2D eigenvalue weighted by molar-refractivity contribution is 7.92. The van der Waals surface area contributed by atoms with Crippen LogP contribution in [0.25, 0.3) is 0 Å². The van der Waals surface area contributed by atoms with Crippen LogP contribution in [0.2, 0.25) is 5.02 Å². The van der Waals surface area contributed by atoms with Gasteiger partial charge in [0.25, 0.3) is 10.0 Å². The maximum atomic E-state index is 13.9. The molecule has 0 fully saturated rings. The first-order valence-corrected chi connectivity index (χ1v) is 12.1. The smallest absolute Gasteiger partial charge is 0.265 e. The van der Waals surface area contributed by atoms with Crippen molar-refractivity contribution >= 4 is 38.9 Å². The van der Waals surface area contributed by atoms with E-state index in [1.807, 2.05) is 0 Å². The van der Waals surface area contributed by atoms with Crippen LogP contribution in [0.15, 0.2) is 65.6 Å². The highest BCUT2D eigenvalue weighted by Crippen LogP contribution is 2.37. The van der Waals surface area contributed by atoms with E-state index in [4.69, 9.17) is 30.5 Å². The fourth-order valence-electron chi connectivity index (χ4n) is 3.28. The van der Waals surface area contributed by atoms with Crippen molar-refractivity contribution in [1.82, 2.24) is 0 Å². The van der Waals surface area contributed by atoms with Gasteiger partial charge in [-0.1, -0.05) is 23.7 Å². The third-order valence-electron chi connectivity index (χ3n) is 5.03. The van der Waals surface area contributed by atoms with Gasteiger partial charge in [-0.15, -0.1) is 0 Å². The number of rotatable bonds is 10. The van der Waals surface area contributed by atoms with E-state index in [0.717, 1.165) is 4.31 Å². The maximum Gasteiger partial charge on any atom is 0.265 e. The van der Waals surface area contributed by atoms with Crippen molar-refractivity contribution in [2.45, 2.75) is 4.90 Å². The second-order valence-corrected chi connectivity index (χ2v) is 9.36. The number of hydrogen-bond acceptors (Lipinski definition) is 7. The zero-order chi connectivity index (χ0) is 25.6. The summed E-state index contributed by atoms with van der Waals surface area (Å²) in [6, 6.07) is 15.4. The van der Waals surface area contributed by atoms with E-state index in [0.29, 0.717) is 22.2 Å². The van der Waals surface area contributed by atoms with E-state index >= 15 is 0 Å². The lowest BCUT2D eigenvalue weighted by molar-refractivity contribution is -0.114. The molecule has 0 aliphatic carbocycles. The molecular weight excluding hydrogens is 496 g/mol. The number of carbonyl (C=O) groups excluding carboxylic acids is 1. The molecule has 0 saturated heterocycles. The van der Waals surface area contributed by atoms with Crippen molar-refractivity contribution in [2.24, 2.45) is 0 Å². The Balaban J connectivity index is 2.11. The van der Waals surface area contributed by atoms with Crippen LogP contribution in [-0.4, -0.2) is 49.3 Å². The predicted octanol–water partition coefficient (Wildman–Crippen LogP) is 4.21. The Morgan fingerprint density at radius 2 is 1.51 bits per heavy atom. The molecule has 186 valence electrons. The van der Waals surface area contributed by atoms with Gasteiger partial charge in [0.05, 0.1) is 49.7 Å². The summed E-state index contributed by atoms with van der Waals surface area (Å²) in [5.74, 6) is 0.548. The van der Waals surface area contributed by atoms with Crippen molar-refractivity contribution in [3.63, 3.8) is 0 Å². The number of hydrogen-bond donors (Lipinski definition) is 1. The summed E-state index contributed by atoms with van der Waals surface area (Å²) in [7, 11) is 1.39. The number of amides is 1. The molecule has 3 rings (SSSR count). The summed E-state index contributed by atoms with van der Waals surface area (Å²) < 4.78 is 49.8. The Hall–Kier alpha value is -3.63. The monoisotopic (exact) mass is 520 g/mol. The minimum atomic E-state index is -4.30. The average molecular weight is 521 g/mol. The molecule has 11 heteroatoms. The molecule has 3 aromatic rings. The molecule has 0 aliphatic heterocycles. The Labute approximate surface area is 209 Å². The number of ether oxygens (including phenoxy) is 4. The van der Waals surface area contributed by atoms with Crippen molar-refractivity contribution in [2.75, 3.05) is 44.6 Å². The van der Waals surface area contributed by atoms with Crippen LogP contribution in [0, 0.1) is 0 Å². The predicted molar refractivity (Wildman–Crippen MR) is 134 cm³/mol. The van der Waals surface area contributed by atoms with E-state index in [2.05, 4.69) is 5.32 Å². The molecule has 0 aromatic heterocycles. The molecule has 0 heterocycles. The first-order chi connectivity index (χ1) is 16.7. The summed E-state index contributed by atoms with van der Waals surface area (Å²) >= 11 is 6.15. The van der Waals surface area contributed by atoms with Gasteiger partial charge in [0.1, 0.15) is 18.0 Å². The second-order valence-electron chi connectivity index (χ2n) is 7.09. The zero-order valence-electron chi connectivity index (χ0n) is 19.6. The topological polar surface area (TPSA) is 103 Å². The number of sulfonamides is 1. The average Bonchev–Trinajstić information content (AvgIpc) is 2.87. The van der Waals surface area contributed by atoms with E-state index in [9.17, 15) is 13.2 Å². The number of carbonyl (C=O) groups is 1. The molecule has 0 aliphatic rings. The summed E-state index contributed by atoms with van der Waals surface area (Å²) in [5.41, 5.74) is 0.455. The summed E-state index contributed by atoms with van der Waals surface area (Å²) in [6.45, 7) is -0.578. The first kappa shape index (κ1) is 26.0. The SMILES string of the molecule is COc1ccc(OC)c(N(CC(=O)Nc2ccccc2Cl)S(=O)(=O)c2ccc(OC)c(OC)c2)c1. The van der Waals surface area contributed by atoms with Crippen LogP contribution in [-0.2, 0) is 14.8 Å². The normalized spacial score (nSPS) is 10.9. The number of para-hydroxylation sites is 1. The van der Waals surface area contributed by atoms with Crippen LogP contribution >= 0.6 is 11.6 Å². The number of halogens is 1. The quantitative estimate of drug-likeness (QED) is 0.427. The number of nitrogens with one attached hydrogen (secondary N) is 1. The third kappa shape index (κ3) is 5.72. The fourth-order valence-corrected chi connectivity index (χ4v) is 4.90. The Morgan fingerprint density at radius 3 is 2.14 bits per heavy atom. The van der Waals surface area contributed by atoms with Crippen LogP contribution in [0.5, 0.6) is 23.0 Å². The van der Waals surface area contributed by atoms with Gasteiger partial charge in [-0.05, 0) is 36.4 Å². The van der Waals surface area contributed by atoms with E-state index in [1.165, 1.54) is 52.7 Å². The number of methoxy groups -OCH3 is 4.